The maximum absolute atomic E-state index is 14.7. The summed E-state index contributed by atoms with van der Waals surface area (Å²) in [4.78, 5) is 28.2. The fourth-order valence-electron chi connectivity index (χ4n) is 4.09. The SMILES string of the molecule is COc1ccc(S(=O)(=O)N(CC(=O)N(Cc2ccccc2F)C(C)C(=O)NC(C)(C)C)c2ccccc2OC)cc1. The molecule has 0 heterocycles. The lowest BCUT2D eigenvalue weighted by Gasteiger charge is -2.33. The Kier molecular flexibility index (Phi) is 9.98. The number of ether oxygens (including phenoxy) is 2. The predicted molar refractivity (Wildman–Crippen MR) is 155 cm³/mol. The van der Waals surface area contributed by atoms with Crippen LogP contribution >= 0.6 is 0 Å². The molecular formula is C30H36FN3O6S. The molecule has 41 heavy (non-hydrogen) atoms. The molecule has 11 heteroatoms. The first-order valence-corrected chi connectivity index (χ1v) is 14.4. The summed E-state index contributed by atoms with van der Waals surface area (Å²) < 4.78 is 54.1. The summed E-state index contributed by atoms with van der Waals surface area (Å²) in [7, 11) is -1.47. The minimum Gasteiger partial charge on any atom is -0.497 e. The van der Waals surface area contributed by atoms with E-state index in [1.165, 1.54) is 74.6 Å². The molecule has 2 amide bonds. The molecule has 0 aliphatic heterocycles. The quantitative estimate of drug-likeness (QED) is 0.358. The third-order valence-electron chi connectivity index (χ3n) is 6.24. The monoisotopic (exact) mass is 585 g/mol. The number of amides is 2. The van der Waals surface area contributed by atoms with Crippen LogP contribution in [0.1, 0.15) is 33.3 Å². The number of halogens is 1. The van der Waals surface area contributed by atoms with Crippen LogP contribution in [0.2, 0.25) is 0 Å². The number of anilines is 1. The zero-order chi connectivity index (χ0) is 30.4. The first-order chi connectivity index (χ1) is 19.3. The van der Waals surface area contributed by atoms with Crippen LogP contribution in [0.3, 0.4) is 0 Å². The van der Waals surface area contributed by atoms with E-state index in [9.17, 15) is 22.4 Å². The normalized spacial score (nSPS) is 12.3. The molecule has 3 rings (SSSR count). The van der Waals surface area contributed by atoms with Gasteiger partial charge in [0.05, 0.1) is 24.8 Å². The number of nitrogens with one attached hydrogen (secondary N) is 1. The van der Waals surface area contributed by atoms with E-state index in [0.717, 1.165) is 4.31 Å². The maximum atomic E-state index is 14.7. The molecule has 0 saturated carbocycles. The molecule has 0 fully saturated rings. The Bertz CT molecular complexity index is 1470. The highest BCUT2D eigenvalue weighted by Crippen LogP contribution is 2.33. The standard InChI is InChI=1S/C30H36FN3O6S/c1-21(29(36)32-30(2,3)4)33(19-22-11-7-8-12-25(22)31)28(35)20-34(26-13-9-10-14-27(26)40-6)41(37,38)24-17-15-23(39-5)16-18-24/h7-18,21H,19-20H2,1-6H3,(H,32,36). The summed E-state index contributed by atoms with van der Waals surface area (Å²) in [6.45, 7) is 5.97. The highest BCUT2D eigenvalue weighted by molar-refractivity contribution is 7.92. The molecule has 3 aromatic rings. The minimum absolute atomic E-state index is 0.0869. The van der Waals surface area contributed by atoms with Gasteiger partial charge in [-0.1, -0.05) is 30.3 Å². The number of para-hydroxylation sites is 2. The van der Waals surface area contributed by atoms with E-state index in [-0.39, 0.29) is 28.4 Å². The topological polar surface area (TPSA) is 105 Å². The van der Waals surface area contributed by atoms with Crippen LogP contribution in [-0.4, -0.2) is 57.5 Å². The second-order valence-corrected chi connectivity index (χ2v) is 12.2. The third-order valence-corrected chi connectivity index (χ3v) is 8.02. The second kappa shape index (κ2) is 13.0. The van der Waals surface area contributed by atoms with Crippen molar-refractivity contribution in [1.82, 2.24) is 10.2 Å². The largest absolute Gasteiger partial charge is 0.497 e. The van der Waals surface area contributed by atoms with Gasteiger partial charge in [-0.3, -0.25) is 13.9 Å². The van der Waals surface area contributed by atoms with Crippen LogP contribution in [0.25, 0.3) is 0 Å². The highest BCUT2D eigenvalue weighted by Gasteiger charge is 2.34. The first kappa shape index (κ1) is 31.4. The van der Waals surface area contributed by atoms with E-state index in [4.69, 9.17) is 9.47 Å². The molecule has 0 bridgehead atoms. The van der Waals surface area contributed by atoms with E-state index >= 15 is 0 Å². The van der Waals surface area contributed by atoms with Crippen LogP contribution in [0.4, 0.5) is 10.1 Å². The predicted octanol–water partition coefficient (Wildman–Crippen LogP) is 4.37. The van der Waals surface area contributed by atoms with Crippen LogP contribution < -0.4 is 19.1 Å². The van der Waals surface area contributed by atoms with Crippen molar-refractivity contribution in [3.63, 3.8) is 0 Å². The zero-order valence-corrected chi connectivity index (χ0v) is 24.9. The van der Waals surface area contributed by atoms with E-state index in [2.05, 4.69) is 5.32 Å². The molecule has 9 nitrogen and oxygen atoms in total. The molecule has 3 aromatic carbocycles. The number of carbonyl (C=O) groups is 2. The zero-order valence-electron chi connectivity index (χ0n) is 24.0. The molecule has 0 spiro atoms. The number of hydrogen-bond donors (Lipinski definition) is 1. The van der Waals surface area contributed by atoms with Gasteiger partial charge in [0, 0.05) is 17.6 Å². The third kappa shape index (κ3) is 7.75. The van der Waals surface area contributed by atoms with Crippen LogP contribution in [0.5, 0.6) is 11.5 Å². The minimum atomic E-state index is -4.32. The Balaban J connectivity index is 2.09. The molecule has 0 saturated heterocycles. The number of rotatable bonds is 11. The molecule has 0 aromatic heterocycles. The van der Waals surface area contributed by atoms with Crippen LogP contribution in [0, 0.1) is 5.82 Å². The molecule has 0 aliphatic carbocycles. The molecular weight excluding hydrogens is 549 g/mol. The van der Waals surface area contributed by atoms with Crippen molar-refractivity contribution in [2.24, 2.45) is 0 Å². The van der Waals surface area contributed by atoms with Gasteiger partial charge in [-0.2, -0.15) is 0 Å². The van der Waals surface area contributed by atoms with Gasteiger partial charge < -0.3 is 19.7 Å². The van der Waals surface area contributed by atoms with Crippen molar-refractivity contribution in [2.45, 2.75) is 50.7 Å². The maximum Gasteiger partial charge on any atom is 0.264 e. The van der Waals surface area contributed by atoms with Crippen molar-refractivity contribution in [2.75, 3.05) is 25.1 Å². The van der Waals surface area contributed by atoms with Gasteiger partial charge in [-0.25, -0.2) is 12.8 Å². The summed E-state index contributed by atoms with van der Waals surface area (Å²) >= 11 is 0. The van der Waals surface area contributed by atoms with E-state index in [0.29, 0.717) is 5.75 Å². The summed E-state index contributed by atoms with van der Waals surface area (Å²) in [5.74, 6) is -1.06. The van der Waals surface area contributed by atoms with E-state index in [1.54, 1.807) is 45.0 Å². The Morgan fingerprint density at radius 3 is 2.12 bits per heavy atom. The fourth-order valence-corrected chi connectivity index (χ4v) is 5.52. The van der Waals surface area contributed by atoms with Gasteiger partial charge in [0.1, 0.15) is 29.9 Å². The smallest absolute Gasteiger partial charge is 0.264 e. The Morgan fingerprint density at radius 1 is 0.927 bits per heavy atom. The van der Waals surface area contributed by atoms with Crippen LogP contribution in [0.15, 0.2) is 77.7 Å². The van der Waals surface area contributed by atoms with Gasteiger partial charge in [-0.15, -0.1) is 0 Å². The van der Waals surface area contributed by atoms with Gasteiger partial charge >= 0.3 is 0 Å². The number of sulfonamides is 1. The van der Waals surface area contributed by atoms with Crippen LogP contribution in [-0.2, 0) is 26.2 Å². The van der Waals surface area contributed by atoms with Gasteiger partial charge in [0.15, 0.2) is 0 Å². The van der Waals surface area contributed by atoms with Crippen molar-refractivity contribution < 1.29 is 31.9 Å². The Hall–Kier alpha value is -4.12. The van der Waals surface area contributed by atoms with Crippen molar-refractivity contribution in [3.8, 4) is 11.5 Å². The van der Waals surface area contributed by atoms with Crippen molar-refractivity contribution in [1.29, 1.82) is 0 Å². The fraction of sp³-hybridized carbons (Fsp3) is 0.333. The molecule has 220 valence electrons. The molecule has 1 atom stereocenters. The van der Waals surface area contributed by atoms with E-state index < -0.39 is 45.8 Å². The number of carbonyl (C=O) groups excluding carboxylic acids is 2. The average molecular weight is 586 g/mol. The van der Waals surface area contributed by atoms with Gasteiger partial charge in [-0.05, 0) is 70.2 Å². The molecule has 0 radical (unpaired) electrons. The number of hydrogen-bond acceptors (Lipinski definition) is 6. The summed E-state index contributed by atoms with van der Waals surface area (Å²) in [5.41, 5.74) is -0.297. The lowest BCUT2D eigenvalue weighted by atomic mass is 10.1. The van der Waals surface area contributed by atoms with Crippen molar-refractivity contribution in [3.05, 3.63) is 84.2 Å². The Labute approximate surface area is 240 Å². The second-order valence-electron chi connectivity index (χ2n) is 10.4. The number of methoxy groups -OCH3 is 2. The summed E-state index contributed by atoms with van der Waals surface area (Å²) in [5, 5.41) is 2.83. The van der Waals surface area contributed by atoms with E-state index in [1.807, 2.05) is 0 Å². The molecule has 0 aliphatic rings. The van der Waals surface area contributed by atoms with Gasteiger partial charge in [0.2, 0.25) is 11.8 Å². The average Bonchev–Trinajstić information content (AvgIpc) is 2.94. The molecule has 1 unspecified atom stereocenters. The number of benzene rings is 3. The summed E-state index contributed by atoms with van der Waals surface area (Å²) in [6, 6.07) is 17.0. The molecule has 1 N–H and O–H groups in total. The lowest BCUT2D eigenvalue weighted by molar-refractivity contribution is -0.140. The Morgan fingerprint density at radius 2 is 1.54 bits per heavy atom. The first-order valence-electron chi connectivity index (χ1n) is 12.9. The highest BCUT2D eigenvalue weighted by atomic mass is 32.2. The van der Waals surface area contributed by atoms with Gasteiger partial charge in [0.25, 0.3) is 10.0 Å². The lowest BCUT2D eigenvalue weighted by Crippen LogP contribution is -2.54. The van der Waals surface area contributed by atoms with Crippen molar-refractivity contribution >= 4 is 27.5 Å². The summed E-state index contributed by atoms with van der Waals surface area (Å²) in [6.07, 6.45) is 0. The number of nitrogens with zero attached hydrogens (tertiary/aromatic N) is 2.